The van der Waals surface area contributed by atoms with Crippen molar-refractivity contribution in [3.8, 4) is 0 Å². The molecule has 0 spiro atoms. The number of rotatable bonds is 3. The highest BCUT2D eigenvalue weighted by Crippen LogP contribution is 2.33. The van der Waals surface area contributed by atoms with Crippen molar-refractivity contribution in [3.05, 3.63) is 47.5 Å². The average molecular weight is 300 g/mol. The SMILES string of the molecule is CC1CCc2ccccc2C1NC(=O)N[C@@H]1C=C[C@H](CO)C1. The summed E-state index contributed by atoms with van der Waals surface area (Å²) in [5, 5.41) is 15.3. The van der Waals surface area contributed by atoms with Gasteiger partial charge in [0.25, 0.3) is 0 Å². The number of aryl methyl sites for hydroxylation is 1. The molecule has 4 nitrogen and oxygen atoms in total. The highest BCUT2D eigenvalue weighted by molar-refractivity contribution is 5.75. The van der Waals surface area contributed by atoms with Gasteiger partial charge in [-0.05, 0) is 36.3 Å². The van der Waals surface area contributed by atoms with Crippen LogP contribution in [0, 0.1) is 11.8 Å². The first-order chi connectivity index (χ1) is 10.7. The van der Waals surface area contributed by atoms with Gasteiger partial charge < -0.3 is 15.7 Å². The van der Waals surface area contributed by atoms with E-state index in [1.165, 1.54) is 11.1 Å². The van der Waals surface area contributed by atoms with Gasteiger partial charge in [-0.25, -0.2) is 4.79 Å². The van der Waals surface area contributed by atoms with Crippen LogP contribution in [0.5, 0.6) is 0 Å². The Morgan fingerprint density at radius 1 is 1.27 bits per heavy atom. The quantitative estimate of drug-likeness (QED) is 0.751. The Morgan fingerprint density at radius 2 is 2.09 bits per heavy atom. The predicted octanol–water partition coefficient (Wildman–Crippen LogP) is 2.55. The van der Waals surface area contributed by atoms with E-state index < -0.39 is 0 Å². The number of carbonyl (C=O) groups excluding carboxylic acids is 1. The minimum Gasteiger partial charge on any atom is -0.396 e. The summed E-state index contributed by atoms with van der Waals surface area (Å²) in [6.45, 7) is 2.33. The molecule has 2 unspecified atom stereocenters. The largest absolute Gasteiger partial charge is 0.396 e. The van der Waals surface area contributed by atoms with Crippen molar-refractivity contribution in [2.45, 2.75) is 38.3 Å². The standard InChI is InChI=1S/C18H24N2O2/c1-12-6-8-14-4-2-3-5-16(14)17(12)20-18(22)19-15-9-7-13(10-15)11-21/h2-5,7,9,12-13,15,17,21H,6,8,10-11H2,1H3,(H2,19,20,22)/t12?,13-,15+,17?/m0/s1. The fraction of sp³-hybridized carbons (Fsp3) is 0.500. The number of hydrogen-bond donors (Lipinski definition) is 3. The second kappa shape index (κ2) is 6.53. The Hall–Kier alpha value is -1.81. The van der Waals surface area contributed by atoms with Crippen LogP contribution in [0.25, 0.3) is 0 Å². The van der Waals surface area contributed by atoms with E-state index in [0.29, 0.717) is 5.92 Å². The van der Waals surface area contributed by atoms with Gasteiger partial charge in [-0.2, -0.15) is 0 Å². The van der Waals surface area contributed by atoms with Crippen LogP contribution in [0.3, 0.4) is 0 Å². The molecule has 0 saturated carbocycles. The van der Waals surface area contributed by atoms with Gasteiger partial charge in [0.05, 0.1) is 6.04 Å². The minimum absolute atomic E-state index is 0.0197. The molecule has 0 aromatic heterocycles. The lowest BCUT2D eigenvalue weighted by Crippen LogP contribution is -2.45. The van der Waals surface area contributed by atoms with E-state index in [0.717, 1.165) is 19.3 Å². The summed E-state index contributed by atoms with van der Waals surface area (Å²) in [4.78, 5) is 12.3. The van der Waals surface area contributed by atoms with Gasteiger partial charge in [-0.3, -0.25) is 0 Å². The number of benzene rings is 1. The number of aliphatic hydroxyl groups excluding tert-OH is 1. The summed E-state index contributed by atoms with van der Waals surface area (Å²) in [5.74, 6) is 0.601. The molecular formula is C18H24N2O2. The molecule has 2 aliphatic carbocycles. The number of aliphatic hydroxyl groups is 1. The molecule has 0 heterocycles. The lowest BCUT2D eigenvalue weighted by molar-refractivity contribution is 0.222. The van der Waals surface area contributed by atoms with E-state index in [9.17, 15) is 4.79 Å². The fourth-order valence-electron chi connectivity index (χ4n) is 3.51. The predicted molar refractivity (Wildman–Crippen MR) is 86.5 cm³/mol. The normalized spacial score (nSPS) is 29.9. The van der Waals surface area contributed by atoms with Gasteiger partial charge in [-0.15, -0.1) is 0 Å². The lowest BCUT2D eigenvalue weighted by Gasteiger charge is -2.32. The second-order valence-corrected chi connectivity index (χ2v) is 6.48. The molecular weight excluding hydrogens is 276 g/mol. The zero-order valence-electron chi connectivity index (χ0n) is 13.0. The maximum Gasteiger partial charge on any atom is 0.315 e. The highest BCUT2D eigenvalue weighted by Gasteiger charge is 2.28. The van der Waals surface area contributed by atoms with Crippen molar-refractivity contribution in [2.75, 3.05) is 6.61 Å². The Kier molecular flexibility index (Phi) is 4.48. The fourth-order valence-corrected chi connectivity index (χ4v) is 3.51. The molecule has 1 aromatic rings. The number of nitrogens with one attached hydrogen (secondary N) is 2. The number of amides is 2. The van der Waals surface area contributed by atoms with Gasteiger partial charge in [0.1, 0.15) is 0 Å². The third-order valence-corrected chi connectivity index (χ3v) is 4.84. The topological polar surface area (TPSA) is 61.4 Å². The summed E-state index contributed by atoms with van der Waals surface area (Å²) >= 11 is 0. The first-order valence-electron chi connectivity index (χ1n) is 8.11. The molecule has 4 heteroatoms. The molecule has 3 rings (SSSR count). The van der Waals surface area contributed by atoms with Crippen molar-refractivity contribution < 1.29 is 9.90 Å². The summed E-state index contributed by atoms with van der Waals surface area (Å²) in [6, 6.07) is 8.34. The third-order valence-electron chi connectivity index (χ3n) is 4.84. The molecule has 0 aliphatic heterocycles. The second-order valence-electron chi connectivity index (χ2n) is 6.48. The highest BCUT2D eigenvalue weighted by atomic mass is 16.3. The number of urea groups is 1. The Labute approximate surface area is 131 Å². The van der Waals surface area contributed by atoms with Crippen LogP contribution in [0.15, 0.2) is 36.4 Å². The van der Waals surface area contributed by atoms with Gasteiger partial charge >= 0.3 is 6.03 Å². The zero-order chi connectivity index (χ0) is 15.5. The van der Waals surface area contributed by atoms with Crippen molar-refractivity contribution in [3.63, 3.8) is 0 Å². The van der Waals surface area contributed by atoms with Crippen molar-refractivity contribution in [1.29, 1.82) is 0 Å². The van der Waals surface area contributed by atoms with E-state index in [1.807, 2.05) is 18.2 Å². The molecule has 118 valence electrons. The molecule has 2 amide bonds. The van der Waals surface area contributed by atoms with Crippen LogP contribution in [0.4, 0.5) is 4.79 Å². The molecule has 0 fully saturated rings. The van der Waals surface area contributed by atoms with Gasteiger partial charge in [0.2, 0.25) is 0 Å². The van der Waals surface area contributed by atoms with E-state index >= 15 is 0 Å². The smallest absolute Gasteiger partial charge is 0.315 e. The van der Waals surface area contributed by atoms with Crippen LogP contribution in [-0.2, 0) is 6.42 Å². The third kappa shape index (κ3) is 3.17. The Morgan fingerprint density at radius 3 is 2.86 bits per heavy atom. The van der Waals surface area contributed by atoms with Crippen LogP contribution in [-0.4, -0.2) is 23.8 Å². The molecule has 0 radical (unpaired) electrons. The van der Waals surface area contributed by atoms with Gasteiger partial charge in [0.15, 0.2) is 0 Å². The van der Waals surface area contributed by atoms with Crippen molar-refractivity contribution in [1.82, 2.24) is 10.6 Å². The van der Waals surface area contributed by atoms with Crippen LogP contribution in [0.2, 0.25) is 0 Å². The molecule has 3 N–H and O–H groups in total. The molecule has 2 aliphatic rings. The maximum atomic E-state index is 12.3. The molecule has 1 aromatic carbocycles. The van der Waals surface area contributed by atoms with Gasteiger partial charge in [-0.1, -0.05) is 43.3 Å². The van der Waals surface area contributed by atoms with Crippen LogP contribution < -0.4 is 10.6 Å². The van der Waals surface area contributed by atoms with E-state index in [-0.39, 0.29) is 30.6 Å². The van der Waals surface area contributed by atoms with Crippen LogP contribution in [0.1, 0.15) is 36.9 Å². The zero-order valence-corrected chi connectivity index (χ0v) is 13.0. The summed E-state index contributed by atoms with van der Waals surface area (Å²) in [5.41, 5.74) is 2.58. The van der Waals surface area contributed by atoms with Crippen molar-refractivity contribution >= 4 is 6.03 Å². The minimum atomic E-state index is -0.123. The summed E-state index contributed by atoms with van der Waals surface area (Å²) in [7, 11) is 0. The molecule has 4 atom stereocenters. The number of carbonyl (C=O) groups is 1. The maximum absolute atomic E-state index is 12.3. The number of fused-ring (bicyclic) bond motifs is 1. The molecule has 0 bridgehead atoms. The van der Waals surface area contributed by atoms with E-state index in [1.54, 1.807) is 0 Å². The lowest BCUT2D eigenvalue weighted by atomic mass is 9.81. The first-order valence-corrected chi connectivity index (χ1v) is 8.11. The average Bonchev–Trinajstić information content (AvgIpc) is 2.98. The Bertz CT molecular complexity index is 570. The van der Waals surface area contributed by atoms with Crippen molar-refractivity contribution in [2.24, 2.45) is 11.8 Å². The monoisotopic (exact) mass is 300 g/mol. The van der Waals surface area contributed by atoms with Gasteiger partial charge in [0, 0.05) is 18.6 Å². The van der Waals surface area contributed by atoms with E-state index in [4.69, 9.17) is 5.11 Å². The summed E-state index contributed by atoms with van der Waals surface area (Å²) in [6.07, 6.45) is 6.90. The first kappa shape index (κ1) is 15.1. The molecule has 22 heavy (non-hydrogen) atoms. The summed E-state index contributed by atoms with van der Waals surface area (Å²) < 4.78 is 0. The van der Waals surface area contributed by atoms with E-state index in [2.05, 4.69) is 35.8 Å². The molecule has 0 saturated heterocycles. The Balaban J connectivity index is 1.63. The van der Waals surface area contributed by atoms with Crippen LogP contribution >= 0.6 is 0 Å². The number of hydrogen-bond acceptors (Lipinski definition) is 2.